The number of nitriles is 1. The SMILES string of the molecule is N#CCCN(C(=O)c1ccc2c(c1)NC(=O)C2)C1CC1. The van der Waals surface area contributed by atoms with Crippen LogP contribution >= 0.6 is 0 Å². The Labute approximate surface area is 117 Å². The third-order valence-electron chi connectivity index (χ3n) is 3.69. The van der Waals surface area contributed by atoms with Crippen LogP contribution in [0.3, 0.4) is 0 Å². The fourth-order valence-electron chi connectivity index (χ4n) is 2.52. The number of hydrogen-bond donors (Lipinski definition) is 1. The zero-order chi connectivity index (χ0) is 14.1. The highest BCUT2D eigenvalue weighted by Crippen LogP contribution is 2.30. The van der Waals surface area contributed by atoms with Crippen LogP contribution in [-0.2, 0) is 11.2 Å². The second-order valence-electron chi connectivity index (χ2n) is 5.23. The monoisotopic (exact) mass is 269 g/mol. The van der Waals surface area contributed by atoms with Crippen LogP contribution in [0.5, 0.6) is 0 Å². The number of rotatable bonds is 4. The summed E-state index contributed by atoms with van der Waals surface area (Å²) in [6, 6.07) is 7.70. The van der Waals surface area contributed by atoms with Crippen molar-refractivity contribution in [1.82, 2.24) is 4.90 Å². The number of nitrogens with one attached hydrogen (secondary N) is 1. The Balaban J connectivity index is 1.81. The van der Waals surface area contributed by atoms with Crippen LogP contribution in [-0.4, -0.2) is 29.3 Å². The Morgan fingerprint density at radius 2 is 2.25 bits per heavy atom. The molecule has 0 saturated heterocycles. The molecule has 0 bridgehead atoms. The van der Waals surface area contributed by atoms with E-state index in [-0.39, 0.29) is 17.9 Å². The lowest BCUT2D eigenvalue weighted by Gasteiger charge is -2.21. The molecule has 0 unspecified atom stereocenters. The van der Waals surface area contributed by atoms with E-state index in [1.807, 2.05) is 6.07 Å². The van der Waals surface area contributed by atoms with Gasteiger partial charge in [-0.05, 0) is 30.5 Å². The second-order valence-corrected chi connectivity index (χ2v) is 5.23. The van der Waals surface area contributed by atoms with Gasteiger partial charge in [0.25, 0.3) is 5.91 Å². The van der Waals surface area contributed by atoms with Crippen molar-refractivity contribution in [2.45, 2.75) is 31.7 Å². The van der Waals surface area contributed by atoms with E-state index in [4.69, 9.17) is 5.26 Å². The number of anilines is 1. The van der Waals surface area contributed by atoms with Gasteiger partial charge in [-0.3, -0.25) is 9.59 Å². The van der Waals surface area contributed by atoms with Crippen LogP contribution in [0.2, 0.25) is 0 Å². The van der Waals surface area contributed by atoms with Gasteiger partial charge in [0.05, 0.1) is 18.9 Å². The van der Waals surface area contributed by atoms with E-state index in [2.05, 4.69) is 11.4 Å². The molecule has 102 valence electrons. The average molecular weight is 269 g/mol. The molecule has 2 aliphatic rings. The zero-order valence-electron chi connectivity index (χ0n) is 11.1. The quantitative estimate of drug-likeness (QED) is 0.904. The van der Waals surface area contributed by atoms with Crippen LogP contribution in [0.25, 0.3) is 0 Å². The molecule has 0 spiro atoms. The first-order valence-corrected chi connectivity index (χ1v) is 6.80. The van der Waals surface area contributed by atoms with E-state index in [1.165, 1.54) is 0 Å². The van der Waals surface area contributed by atoms with Gasteiger partial charge in [0, 0.05) is 23.8 Å². The highest BCUT2D eigenvalue weighted by molar-refractivity contribution is 6.02. The van der Waals surface area contributed by atoms with Crippen LogP contribution in [0.1, 0.15) is 35.2 Å². The largest absolute Gasteiger partial charge is 0.335 e. The molecule has 1 fully saturated rings. The third kappa shape index (κ3) is 2.37. The fourth-order valence-corrected chi connectivity index (χ4v) is 2.52. The molecular weight excluding hydrogens is 254 g/mol. The standard InChI is InChI=1S/C15H15N3O2/c16-6-1-7-18(12-4-5-12)15(20)11-3-2-10-9-14(19)17-13(10)8-11/h2-3,8,12H,1,4-5,7,9H2,(H,17,19). The molecule has 5 heteroatoms. The van der Waals surface area contributed by atoms with Gasteiger partial charge in [-0.25, -0.2) is 0 Å². The number of fused-ring (bicyclic) bond motifs is 1. The van der Waals surface area contributed by atoms with Gasteiger partial charge in [0.2, 0.25) is 5.91 Å². The van der Waals surface area contributed by atoms with Gasteiger partial charge >= 0.3 is 0 Å². The summed E-state index contributed by atoms with van der Waals surface area (Å²) in [4.78, 5) is 25.6. The predicted octanol–water partition coefficient (Wildman–Crippen LogP) is 1.70. The molecule has 1 heterocycles. The molecule has 2 amide bonds. The van der Waals surface area contributed by atoms with Gasteiger partial charge in [-0.1, -0.05) is 6.07 Å². The summed E-state index contributed by atoms with van der Waals surface area (Å²) in [6.45, 7) is 0.476. The van der Waals surface area contributed by atoms with Crippen molar-refractivity contribution < 1.29 is 9.59 Å². The Morgan fingerprint density at radius 3 is 2.95 bits per heavy atom. The lowest BCUT2D eigenvalue weighted by Crippen LogP contribution is -2.33. The summed E-state index contributed by atoms with van der Waals surface area (Å²) in [5.74, 6) is -0.0835. The Kier molecular flexibility index (Phi) is 3.15. The first-order valence-electron chi connectivity index (χ1n) is 6.80. The highest BCUT2D eigenvalue weighted by Gasteiger charge is 2.33. The fraction of sp³-hybridized carbons (Fsp3) is 0.400. The van der Waals surface area contributed by atoms with E-state index in [0.717, 1.165) is 24.1 Å². The van der Waals surface area contributed by atoms with Crippen molar-refractivity contribution in [3.8, 4) is 6.07 Å². The number of carbonyl (C=O) groups excluding carboxylic acids is 2. The summed E-state index contributed by atoms with van der Waals surface area (Å²) < 4.78 is 0. The summed E-state index contributed by atoms with van der Waals surface area (Å²) in [6.07, 6.45) is 2.76. The molecule has 0 atom stereocenters. The van der Waals surface area contributed by atoms with Crippen LogP contribution < -0.4 is 5.32 Å². The van der Waals surface area contributed by atoms with E-state index in [0.29, 0.717) is 24.9 Å². The number of nitrogens with zero attached hydrogens (tertiary/aromatic N) is 2. The van der Waals surface area contributed by atoms with Gasteiger partial charge in [-0.15, -0.1) is 0 Å². The molecule has 0 radical (unpaired) electrons. The molecule has 3 rings (SSSR count). The molecule has 1 aromatic carbocycles. The molecule has 1 saturated carbocycles. The van der Waals surface area contributed by atoms with Crippen LogP contribution in [0, 0.1) is 11.3 Å². The minimum atomic E-state index is -0.0494. The molecule has 1 aliphatic heterocycles. The summed E-state index contributed by atoms with van der Waals surface area (Å²) in [7, 11) is 0. The normalized spacial score (nSPS) is 16.2. The van der Waals surface area contributed by atoms with Crippen molar-refractivity contribution in [1.29, 1.82) is 5.26 Å². The van der Waals surface area contributed by atoms with Gasteiger partial charge in [-0.2, -0.15) is 5.26 Å². The predicted molar refractivity (Wildman–Crippen MR) is 73.1 cm³/mol. The molecule has 1 aliphatic carbocycles. The smallest absolute Gasteiger partial charge is 0.254 e. The second kappa shape index (κ2) is 4.97. The number of carbonyl (C=O) groups is 2. The van der Waals surface area contributed by atoms with Crippen molar-refractivity contribution >= 4 is 17.5 Å². The molecule has 20 heavy (non-hydrogen) atoms. The lowest BCUT2D eigenvalue weighted by molar-refractivity contribution is -0.115. The maximum absolute atomic E-state index is 12.5. The number of benzene rings is 1. The van der Waals surface area contributed by atoms with E-state index >= 15 is 0 Å². The molecule has 5 nitrogen and oxygen atoms in total. The lowest BCUT2D eigenvalue weighted by atomic mass is 10.1. The van der Waals surface area contributed by atoms with Crippen molar-refractivity contribution in [3.63, 3.8) is 0 Å². The van der Waals surface area contributed by atoms with Crippen LogP contribution in [0.4, 0.5) is 5.69 Å². The van der Waals surface area contributed by atoms with E-state index in [9.17, 15) is 9.59 Å². The molecule has 0 aromatic heterocycles. The highest BCUT2D eigenvalue weighted by atomic mass is 16.2. The maximum atomic E-state index is 12.5. The van der Waals surface area contributed by atoms with Crippen molar-refractivity contribution in [3.05, 3.63) is 29.3 Å². The topological polar surface area (TPSA) is 73.2 Å². The van der Waals surface area contributed by atoms with Gasteiger partial charge < -0.3 is 10.2 Å². The first-order chi connectivity index (χ1) is 9.69. The summed E-state index contributed by atoms with van der Waals surface area (Å²) in [5.41, 5.74) is 2.24. The number of hydrogen-bond acceptors (Lipinski definition) is 3. The molecule has 1 aromatic rings. The van der Waals surface area contributed by atoms with Gasteiger partial charge in [0.15, 0.2) is 0 Å². The number of amides is 2. The summed E-state index contributed by atoms with van der Waals surface area (Å²) in [5, 5.41) is 11.4. The van der Waals surface area contributed by atoms with Gasteiger partial charge in [0.1, 0.15) is 0 Å². The molecular formula is C15H15N3O2. The third-order valence-corrected chi connectivity index (χ3v) is 3.69. The minimum Gasteiger partial charge on any atom is -0.335 e. The average Bonchev–Trinajstić information content (AvgIpc) is 3.19. The zero-order valence-corrected chi connectivity index (χ0v) is 11.1. The van der Waals surface area contributed by atoms with Crippen LogP contribution in [0.15, 0.2) is 18.2 Å². The van der Waals surface area contributed by atoms with E-state index in [1.54, 1.807) is 17.0 Å². The molecule has 1 N–H and O–H groups in total. The minimum absolute atomic E-state index is 0.0341. The Bertz CT molecular complexity index is 614. The van der Waals surface area contributed by atoms with Crippen molar-refractivity contribution in [2.75, 3.05) is 11.9 Å². The Hall–Kier alpha value is -2.35. The first kappa shape index (κ1) is 12.7. The Morgan fingerprint density at radius 1 is 1.45 bits per heavy atom. The van der Waals surface area contributed by atoms with Crippen molar-refractivity contribution in [2.24, 2.45) is 0 Å². The maximum Gasteiger partial charge on any atom is 0.254 e. The summed E-state index contributed by atoms with van der Waals surface area (Å²) >= 11 is 0. The van der Waals surface area contributed by atoms with E-state index < -0.39 is 0 Å².